The van der Waals surface area contributed by atoms with Crippen LogP contribution >= 0.6 is 0 Å². The molecule has 0 aromatic heterocycles. The highest BCUT2D eigenvalue weighted by Crippen LogP contribution is 2.18. The Morgan fingerprint density at radius 1 is 1.33 bits per heavy atom. The molecule has 0 aromatic rings. The molecule has 2 fully saturated rings. The molecular formula is C11H21N3O. The van der Waals surface area contributed by atoms with E-state index in [2.05, 4.69) is 22.6 Å². The Morgan fingerprint density at radius 2 is 2.13 bits per heavy atom. The first-order valence-corrected chi connectivity index (χ1v) is 5.95. The second kappa shape index (κ2) is 4.94. The molecule has 0 bridgehead atoms. The van der Waals surface area contributed by atoms with Crippen LogP contribution in [0.5, 0.6) is 0 Å². The molecule has 2 rings (SSSR count). The van der Waals surface area contributed by atoms with Crippen molar-refractivity contribution >= 4 is 5.91 Å². The second-order valence-electron chi connectivity index (χ2n) is 4.82. The van der Waals surface area contributed by atoms with Crippen molar-refractivity contribution < 1.29 is 4.79 Å². The lowest BCUT2D eigenvalue weighted by molar-refractivity contribution is -0.120. The Morgan fingerprint density at radius 3 is 2.80 bits per heavy atom. The van der Waals surface area contributed by atoms with Crippen LogP contribution in [-0.4, -0.2) is 49.6 Å². The summed E-state index contributed by atoms with van der Waals surface area (Å²) in [4.78, 5) is 13.7. The van der Waals surface area contributed by atoms with Crippen molar-refractivity contribution in [1.82, 2.24) is 15.5 Å². The van der Waals surface area contributed by atoms with Crippen LogP contribution in [0.2, 0.25) is 0 Å². The fourth-order valence-corrected chi connectivity index (χ4v) is 2.08. The topological polar surface area (TPSA) is 44.4 Å². The van der Waals surface area contributed by atoms with Gasteiger partial charge in [0.1, 0.15) is 0 Å². The number of amides is 1. The highest BCUT2D eigenvalue weighted by atomic mass is 16.2. The first kappa shape index (κ1) is 10.9. The van der Waals surface area contributed by atoms with Gasteiger partial charge in [0.25, 0.3) is 0 Å². The Balaban J connectivity index is 1.61. The van der Waals surface area contributed by atoms with E-state index in [9.17, 15) is 4.79 Å². The lowest BCUT2D eigenvalue weighted by Gasteiger charge is -2.30. The van der Waals surface area contributed by atoms with E-state index in [1.165, 1.54) is 19.4 Å². The minimum absolute atomic E-state index is 0.158. The highest BCUT2D eigenvalue weighted by molar-refractivity contribution is 5.78. The fraction of sp³-hybridized carbons (Fsp3) is 0.909. The number of likely N-dealkylation sites (N-methyl/N-ethyl adjacent to an activating group) is 1. The van der Waals surface area contributed by atoms with Crippen LogP contribution in [0.1, 0.15) is 25.7 Å². The number of rotatable bonds is 4. The van der Waals surface area contributed by atoms with Gasteiger partial charge in [-0.3, -0.25) is 4.79 Å². The predicted molar refractivity (Wildman–Crippen MR) is 59.7 cm³/mol. The van der Waals surface area contributed by atoms with E-state index >= 15 is 0 Å². The van der Waals surface area contributed by atoms with Crippen molar-refractivity contribution in [3.8, 4) is 0 Å². The summed E-state index contributed by atoms with van der Waals surface area (Å²) < 4.78 is 0. The Bertz CT molecular complexity index is 228. The minimum Gasteiger partial charge on any atom is -0.352 e. The van der Waals surface area contributed by atoms with E-state index in [0.29, 0.717) is 18.6 Å². The third-order valence-corrected chi connectivity index (χ3v) is 3.12. The van der Waals surface area contributed by atoms with Crippen LogP contribution in [0, 0.1) is 0 Å². The van der Waals surface area contributed by atoms with Crippen LogP contribution < -0.4 is 10.6 Å². The fourth-order valence-electron chi connectivity index (χ4n) is 2.08. The molecule has 4 nitrogen and oxygen atoms in total. The zero-order chi connectivity index (χ0) is 10.7. The summed E-state index contributed by atoms with van der Waals surface area (Å²) in [6.07, 6.45) is 4.76. The molecule has 0 spiro atoms. The van der Waals surface area contributed by atoms with Gasteiger partial charge in [-0.2, -0.15) is 0 Å². The molecule has 1 heterocycles. The van der Waals surface area contributed by atoms with Gasteiger partial charge in [-0.05, 0) is 39.3 Å². The van der Waals surface area contributed by atoms with E-state index < -0.39 is 0 Å². The van der Waals surface area contributed by atoms with Crippen LogP contribution in [0.3, 0.4) is 0 Å². The maximum atomic E-state index is 11.4. The lowest BCUT2D eigenvalue weighted by atomic mass is 10.1. The van der Waals surface area contributed by atoms with Gasteiger partial charge >= 0.3 is 0 Å². The van der Waals surface area contributed by atoms with E-state index in [1.807, 2.05) is 0 Å². The van der Waals surface area contributed by atoms with E-state index in [1.54, 1.807) is 0 Å². The van der Waals surface area contributed by atoms with Gasteiger partial charge in [0.05, 0.1) is 6.54 Å². The molecule has 2 aliphatic rings. The number of carbonyl (C=O) groups excluding carboxylic acids is 1. The molecule has 1 unspecified atom stereocenters. The van der Waals surface area contributed by atoms with Crippen LogP contribution in [-0.2, 0) is 4.79 Å². The Hall–Kier alpha value is -0.610. The third-order valence-electron chi connectivity index (χ3n) is 3.12. The van der Waals surface area contributed by atoms with E-state index in [-0.39, 0.29) is 5.91 Å². The van der Waals surface area contributed by atoms with Crippen LogP contribution in [0.15, 0.2) is 0 Å². The molecule has 86 valence electrons. The maximum Gasteiger partial charge on any atom is 0.234 e. The number of piperidine rings is 1. The normalized spacial score (nSPS) is 27.7. The van der Waals surface area contributed by atoms with Gasteiger partial charge in [-0.25, -0.2) is 0 Å². The molecule has 4 heteroatoms. The first-order valence-electron chi connectivity index (χ1n) is 5.95. The molecule has 0 aromatic carbocycles. The van der Waals surface area contributed by atoms with E-state index in [0.717, 1.165) is 19.4 Å². The molecule has 1 aliphatic heterocycles. The van der Waals surface area contributed by atoms with Gasteiger partial charge in [0.2, 0.25) is 5.91 Å². The minimum atomic E-state index is 0.158. The summed E-state index contributed by atoms with van der Waals surface area (Å²) in [5, 5.41) is 6.32. The molecule has 0 radical (unpaired) electrons. The quantitative estimate of drug-likeness (QED) is 0.685. The van der Waals surface area contributed by atoms with Gasteiger partial charge in [0.15, 0.2) is 0 Å². The van der Waals surface area contributed by atoms with Crippen molar-refractivity contribution in [2.75, 3.05) is 26.7 Å². The molecule has 2 N–H and O–H groups in total. The number of nitrogens with zero attached hydrogens (tertiary/aromatic N) is 1. The number of likely N-dealkylation sites (tertiary alicyclic amines) is 1. The van der Waals surface area contributed by atoms with Crippen molar-refractivity contribution in [1.29, 1.82) is 0 Å². The van der Waals surface area contributed by atoms with Crippen molar-refractivity contribution in [2.45, 2.75) is 37.8 Å². The van der Waals surface area contributed by atoms with Crippen molar-refractivity contribution in [3.63, 3.8) is 0 Å². The molecule has 1 atom stereocenters. The number of carbonyl (C=O) groups is 1. The molecular weight excluding hydrogens is 190 g/mol. The standard InChI is InChI=1S/C11H21N3O/c1-14-6-2-3-10(8-14)12-7-11(15)13-9-4-5-9/h9-10,12H,2-8H2,1H3,(H,13,15). The predicted octanol–water partition coefficient (Wildman–Crippen LogP) is -0.0512. The van der Waals surface area contributed by atoms with Crippen LogP contribution in [0.25, 0.3) is 0 Å². The summed E-state index contributed by atoms with van der Waals surface area (Å²) in [7, 11) is 2.14. The van der Waals surface area contributed by atoms with Gasteiger partial charge in [0, 0.05) is 18.6 Å². The zero-order valence-electron chi connectivity index (χ0n) is 9.46. The number of nitrogens with one attached hydrogen (secondary N) is 2. The van der Waals surface area contributed by atoms with Crippen molar-refractivity contribution in [2.24, 2.45) is 0 Å². The smallest absolute Gasteiger partial charge is 0.234 e. The van der Waals surface area contributed by atoms with Gasteiger partial charge < -0.3 is 15.5 Å². The summed E-state index contributed by atoms with van der Waals surface area (Å²) in [6, 6.07) is 0.974. The summed E-state index contributed by atoms with van der Waals surface area (Å²) >= 11 is 0. The molecule has 1 saturated carbocycles. The summed E-state index contributed by atoms with van der Waals surface area (Å²) in [6.45, 7) is 2.73. The lowest BCUT2D eigenvalue weighted by Crippen LogP contribution is -2.47. The molecule has 1 amide bonds. The third kappa shape index (κ3) is 3.80. The van der Waals surface area contributed by atoms with Crippen LogP contribution in [0.4, 0.5) is 0 Å². The van der Waals surface area contributed by atoms with Gasteiger partial charge in [-0.15, -0.1) is 0 Å². The summed E-state index contributed by atoms with van der Waals surface area (Å²) in [5.41, 5.74) is 0. The van der Waals surface area contributed by atoms with Gasteiger partial charge in [-0.1, -0.05) is 0 Å². The highest BCUT2D eigenvalue weighted by Gasteiger charge is 2.23. The Labute approximate surface area is 91.4 Å². The Kier molecular flexibility index (Phi) is 3.59. The largest absolute Gasteiger partial charge is 0.352 e. The second-order valence-corrected chi connectivity index (χ2v) is 4.82. The zero-order valence-corrected chi connectivity index (χ0v) is 9.46. The van der Waals surface area contributed by atoms with Crippen molar-refractivity contribution in [3.05, 3.63) is 0 Å². The average Bonchev–Trinajstić information content (AvgIpc) is 2.99. The number of hydrogen-bond acceptors (Lipinski definition) is 3. The molecule has 1 aliphatic carbocycles. The molecule has 15 heavy (non-hydrogen) atoms. The number of hydrogen-bond donors (Lipinski definition) is 2. The average molecular weight is 211 g/mol. The maximum absolute atomic E-state index is 11.4. The monoisotopic (exact) mass is 211 g/mol. The SMILES string of the molecule is CN1CCCC(NCC(=O)NC2CC2)C1. The first-order chi connectivity index (χ1) is 7.24. The summed E-state index contributed by atoms with van der Waals surface area (Å²) in [5.74, 6) is 0.158. The molecule has 1 saturated heterocycles. The van der Waals surface area contributed by atoms with E-state index in [4.69, 9.17) is 0 Å².